The topological polar surface area (TPSA) is 95.4 Å². The van der Waals surface area contributed by atoms with E-state index in [9.17, 15) is 14.8 Å². The fourth-order valence-electron chi connectivity index (χ4n) is 1.97. The van der Waals surface area contributed by atoms with Gasteiger partial charge in [-0.15, -0.1) is 4.91 Å². The molecule has 3 rings (SSSR count). The number of aromatic amines is 1. The first-order valence-electron chi connectivity index (χ1n) is 5.84. The average molecular weight is 267 g/mol. The molecule has 0 fully saturated rings. The highest BCUT2D eigenvalue weighted by atomic mass is 16.3. The van der Waals surface area contributed by atoms with Gasteiger partial charge in [-0.3, -0.25) is 4.79 Å². The standard InChI is InChI=1S/C14H9N3O3/c18-10-4-5-12-11(7-10)14(19)16-13(15-12)8-2-1-3-9(6-8)17-20/h1-7,18H,(H,15,16,19). The number of rotatable bonds is 2. The molecule has 0 aliphatic carbocycles. The van der Waals surface area contributed by atoms with Crippen molar-refractivity contribution in [3.63, 3.8) is 0 Å². The smallest absolute Gasteiger partial charge is 0.259 e. The summed E-state index contributed by atoms with van der Waals surface area (Å²) in [5, 5.41) is 12.5. The van der Waals surface area contributed by atoms with Gasteiger partial charge >= 0.3 is 0 Å². The van der Waals surface area contributed by atoms with Crippen LogP contribution in [0.25, 0.3) is 22.3 Å². The van der Waals surface area contributed by atoms with Crippen molar-refractivity contribution in [2.45, 2.75) is 0 Å². The van der Waals surface area contributed by atoms with Gasteiger partial charge in [0.25, 0.3) is 5.56 Å². The van der Waals surface area contributed by atoms with Crippen LogP contribution in [-0.4, -0.2) is 15.1 Å². The molecule has 98 valence electrons. The van der Waals surface area contributed by atoms with Gasteiger partial charge in [-0.25, -0.2) is 4.98 Å². The van der Waals surface area contributed by atoms with Crippen LogP contribution in [0.15, 0.2) is 52.4 Å². The number of nitrogens with zero attached hydrogens (tertiary/aromatic N) is 2. The van der Waals surface area contributed by atoms with Gasteiger partial charge in [-0.05, 0) is 35.5 Å². The van der Waals surface area contributed by atoms with Crippen molar-refractivity contribution in [1.82, 2.24) is 9.97 Å². The zero-order valence-corrected chi connectivity index (χ0v) is 10.2. The minimum atomic E-state index is -0.356. The molecule has 0 aliphatic heterocycles. The molecular weight excluding hydrogens is 258 g/mol. The zero-order valence-electron chi connectivity index (χ0n) is 10.2. The van der Waals surface area contributed by atoms with Crippen molar-refractivity contribution < 1.29 is 5.11 Å². The lowest BCUT2D eigenvalue weighted by atomic mass is 10.1. The molecule has 0 atom stereocenters. The third-order valence-corrected chi connectivity index (χ3v) is 2.91. The number of phenols is 1. The maximum absolute atomic E-state index is 12.0. The van der Waals surface area contributed by atoms with E-state index in [1.54, 1.807) is 24.3 Å². The normalized spacial score (nSPS) is 10.6. The zero-order chi connectivity index (χ0) is 14.1. The number of nitrogens with one attached hydrogen (secondary N) is 1. The van der Waals surface area contributed by atoms with Crippen molar-refractivity contribution in [3.8, 4) is 17.1 Å². The lowest BCUT2D eigenvalue weighted by Crippen LogP contribution is -2.09. The van der Waals surface area contributed by atoms with E-state index in [1.165, 1.54) is 18.2 Å². The molecule has 1 aromatic heterocycles. The van der Waals surface area contributed by atoms with Crippen molar-refractivity contribution in [1.29, 1.82) is 0 Å². The van der Waals surface area contributed by atoms with Gasteiger partial charge in [0, 0.05) is 5.56 Å². The molecule has 20 heavy (non-hydrogen) atoms. The summed E-state index contributed by atoms with van der Waals surface area (Å²) in [6, 6.07) is 10.9. The number of hydrogen-bond donors (Lipinski definition) is 2. The molecular formula is C14H9N3O3. The van der Waals surface area contributed by atoms with Gasteiger partial charge in [0.15, 0.2) is 0 Å². The quantitative estimate of drug-likeness (QED) is 0.698. The second-order valence-electron chi connectivity index (χ2n) is 4.26. The summed E-state index contributed by atoms with van der Waals surface area (Å²) < 4.78 is 0. The van der Waals surface area contributed by atoms with E-state index in [0.29, 0.717) is 22.3 Å². The highest BCUT2D eigenvalue weighted by molar-refractivity contribution is 5.81. The first-order valence-corrected chi connectivity index (χ1v) is 5.84. The Morgan fingerprint density at radius 3 is 2.80 bits per heavy atom. The second kappa shape index (κ2) is 4.58. The SMILES string of the molecule is O=Nc1cccc(-c2nc3ccc(O)cc3c(=O)[nH]2)c1. The van der Waals surface area contributed by atoms with Crippen LogP contribution in [0.4, 0.5) is 5.69 Å². The van der Waals surface area contributed by atoms with Crippen molar-refractivity contribution in [3.05, 3.63) is 57.7 Å². The number of H-pyrrole nitrogens is 1. The van der Waals surface area contributed by atoms with Crippen molar-refractivity contribution in [2.24, 2.45) is 5.18 Å². The van der Waals surface area contributed by atoms with Crippen LogP contribution >= 0.6 is 0 Å². The van der Waals surface area contributed by atoms with E-state index >= 15 is 0 Å². The molecule has 6 nitrogen and oxygen atoms in total. The van der Waals surface area contributed by atoms with E-state index < -0.39 is 0 Å². The van der Waals surface area contributed by atoms with E-state index in [2.05, 4.69) is 15.1 Å². The van der Waals surface area contributed by atoms with Gasteiger partial charge < -0.3 is 10.1 Å². The van der Waals surface area contributed by atoms with Crippen LogP contribution < -0.4 is 5.56 Å². The first kappa shape index (κ1) is 12.0. The Bertz CT molecular complexity index is 871. The summed E-state index contributed by atoms with van der Waals surface area (Å²) in [5.74, 6) is 0.350. The van der Waals surface area contributed by atoms with Crippen LogP contribution in [-0.2, 0) is 0 Å². The molecule has 0 spiro atoms. The molecule has 0 saturated carbocycles. The molecule has 0 bridgehead atoms. The summed E-state index contributed by atoms with van der Waals surface area (Å²) >= 11 is 0. The molecule has 0 aliphatic rings. The molecule has 2 aromatic carbocycles. The molecule has 3 aromatic rings. The van der Waals surface area contributed by atoms with Crippen LogP contribution in [0.1, 0.15) is 0 Å². The number of phenolic OH excluding ortho intramolecular Hbond substituents is 1. The summed E-state index contributed by atoms with van der Waals surface area (Å²) in [7, 11) is 0. The van der Waals surface area contributed by atoms with Gasteiger partial charge in [-0.2, -0.15) is 0 Å². The predicted octanol–water partition coefficient (Wildman–Crippen LogP) is 2.69. The molecule has 1 heterocycles. The summed E-state index contributed by atoms with van der Waals surface area (Å²) in [6.45, 7) is 0. The minimum Gasteiger partial charge on any atom is -0.508 e. The Labute approximate surface area is 112 Å². The highest BCUT2D eigenvalue weighted by Gasteiger charge is 2.07. The number of aromatic nitrogens is 2. The Morgan fingerprint density at radius 1 is 1.15 bits per heavy atom. The number of fused-ring (bicyclic) bond motifs is 1. The number of hydrogen-bond acceptors (Lipinski definition) is 5. The largest absolute Gasteiger partial charge is 0.508 e. The predicted molar refractivity (Wildman–Crippen MR) is 74.9 cm³/mol. The van der Waals surface area contributed by atoms with E-state index in [0.717, 1.165) is 0 Å². The molecule has 2 N–H and O–H groups in total. The van der Waals surface area contributed by atoms with Gasteiger partial charge in [0.2, 0.25) is 0 Å². The molecule has 6 heteroatoms. The van der Waals surface area contributed by atoms with E-state index in [-0.39, 0.29) is 17.0 Å². The third kappa shape index (κ3) is 2.03. The maximum Gasteiger partial charge on any atom is 0.259 e. The molecule has 0 unspecified atom stereocenters. The fraction of sp³-hybridized carbons (Fsp3) is 0. The molecule has 0 saturated heterocycles. The molecule has 0 radical (unpaired) electrons. The lowest BCUT2D eigenvalue weighted by molar-refractivity contribution is 0.476. The third-order valence-electron chi connectivity index (χ3n) is 2.91. The van der Waals surface area contributed by atoms with Crippen LogP contribution in [0.5, 0.6) is 5.75 Å². The Kier molecular flexibility index (Phi) is 2.76. The highest BCUT2D eigenvalue weighted by Crippen LogP contribution is 2.22. The Balaban J connectivity index is 2.24. The van der Waals surface area contributed by atoms with Crippen LogP contribution in [0.2, 0.25) is 0 Å². The van der Waals surface area contributed by atoms with Crippen molar-refractivity contribution >= 4 is 16.6 Å². The monoisotopic (exact) mass is 267 g/mol. The van der Waals surface area contributed by atoms with Crippen LogP contribution in [0.3, 0.4) is 0 Å². The molecule has 0 amide bonds. The maximum atomic E-state index is 12.0. The first-order chi connectivity index (χ1) is 9.67. The van der Waals surface area contributed by atoms with Crippen molar-refractivity contribution in [2.75, 3.05) is 0 Å². The fourth-order valence-corrected chi connectivity index (χ4v) is 1.97. The second-order valence-corrected chi connectivity index (χ2v) is 4.26. The summed E-state index contributed by atoms with van der Waals surface area (Å²) in [5.41, 5.74) is 0.960. The Morgan fingerprint density at radius 2 is 2.00 bits per heavy atom. The van der Waals surface area contributed by atoms with Gasteiger partial charge in [0.1, 0.15) is 17.3 Å². The van der Waals surface area contributed by atoms with Gasteiger partial charge in [0.05, 0.1) is 10.9 Å². The number of benzene rings is 2. The minimum absolute atomic E-state index is 0.00435. The Hall–Kier alpha value is -3.02. The number of nitroso groups, excluding NO2 is 1. The van der Waals surface area contributed by atoms with E-state index in [4.69, 9.17) is 0 Å². The van der Waals surface area contributed by atoms with Gasteiger partial charge in [-0.1, -0.05) is 12.1 Å². The summed E-state index contributed by atoms with van der Waals surface area (Å²) in [6.07, 6.45) is 0. The lowest BCUT2D eigenvalue weighted by Gasteiger charge is -2.03. The van der Waals surface area contributed by atoms with Crippen LogP contribution in [0, 0.1) is 4.91 Å². The summed E-state index contributed by atoms with van der Waals surface area (Å²) in [4.78, 5) is 29.5. The van der Waals surface area contributed by atoms with E-state index in [1.807, 2.05) is 0 Å². The average Bonchev–Trinajstić information content (AvgIpc) is 2.48. The number of aromatic hydroxyl groups is 1.